The Morgan fingerprint density at radius 1 is 1.29 bits per heavy atom. The van der Waals surface area contributed by atoms with Gasteiger partial charge < -0.3 is 4.74 Å². The molecule has 1 rings (SSSR count). The molecule has 0 radical (unpaired) electrons. The molecule has 78 valence electrons. The predicted octanol–water partition coefficient (Wildman–Crippen LogP) is 3.02. The number of aromatic nitrogens is 1. The fourth-order valence-corrected chi connectivity index (χ4v) is 0.981. The van der Waals surface area contributed by atoms with Gasteiger partial charge in [0.15, 0.2) is 11.6 Å². The minimum atomic E-state index is -5.00. The van der Waals surface area contributed by atoms with Crippen LogP contribution in [0.25, 0.3) is 0 Å². The van der Waals surface area contributed by atoms with Crippen molar-refractivity contribution in [1.82, 2.24) is 4.98 Å². The second-order valence-corrected chi connectivity index (χ2v) is 2.88. The minimum Gasteiger partial charge on any atom is -0.387 e. The molecule has 0 aliphatic heterocycles. The van der Waals surface area contributed by atoms with Crippen LogP contribution in [0.5, 0.6) is 5.88 Å². The van der Waals surface area contributed by atoms with E-state index in [1.54, 1.807) is 0 Å². The summed E-state index contributed by atoms with van der Waals surface area (Å²) < 4.78 is 62.5. The monoisotopic (exact) mass is 277 g/mol. The lowest BCUT2D eigenvalue weighted by Gasteiger charge is -2.09. The molecule has 8 heteroatoms. The second kappa shape index (κ2) is 3.68. The molecule has 2 nitrogen and oxygen atoms in total. The Hall–Kier alpha value is -0.920. The highest BCUT2D eigenvalue weighted by molar-refractivity contribution is 9.10. The van der Waals surface area contributed by atoms with Crippen LogP contribution in [0.4, 0.5) is 22.0 Å². The summed E-state index contributed by atoms with van der Waals surface area (Å²) in [6.07, 6.45) is -4.71. The smallest absolute Gasteiger partial charge is 0.387 e. The van der Waals surface area contributed by atoms with E-state index in [4.69, 9.17) is 0 Å². The third-order valence-electron chi connectivity index (χ3n) is 1.10. The molecule has 14 heavy (non-hydrogen) atoms. The van der Waals surface area contributed by atoms with Crippen molar-refractivity contribution in [3.05, 3.63) is 22.3 Å². The molecule has 0 saturated heterocycles. The fourth-order valence-electron chi connectivity index (χ4n) is 0.608. The number of halogens is 6. The van der Waals surface area contributed by atoms with Crippen molar-refractivity contribution in [1.29, 1.82) is 0 Å². The summed E-state index contributed by atoms with van der Waals surface area (Å²) in [4.78, 5) is 2.92. The van der Waals surface area contributed by atoms with E-state index < -0.39 is 28.3 Å². The zero-order chi connectivity index (χ0) is 10.9. The standard InChI is InChI=1S/C6HBrF5NO/c7-3-4(9)2(8)1-13-5(3)14-6(10,11)12/h1H. The summed E-state index contributed by atoms with van der Waals surface area (Å²) in [7, 11) is 0. The highest BCUT2D eigenvalue weighted by atomic mass is 79.9. The molecule has 0 fully saturated rings. The summed E-state index contributed by atoms with van der Waals surface area (Å²) in [5.74, 6) is -3.93. The molecular formula is C6HBrF5NO. The van der Waals surface area contributed by atoms with E-state index in [-0.39, 0.29) is 0 Å². The van der Waals surface area contributed by atoms with Gasteiger partial charge in [-0.1, -0.05) is 0 Å². The van der Waals surface area contributed by atoms with Crippen LogP contribution in [0.1, 0.15) is 0 Å². The van der Waals surface area contributed by atoms with Crippen molar-refractivity contribution < 1.29 is 26.7 Å². The predicted molar refractivity (Wildman–Crippen MR) is 38.5 cm³/mol. The zero-order valence-corrected chi connectivity index (χ0v) is 7.79. The van der Waals surface area contributed by atoms with Crippen LogP contribution >= 0.6 is 15.9 Å². The number of nitrogens with zero attached hydrogens (tertiary/aromatic N) is 1. The van der Waals surface area contributed by atoms with Gasteiger partial charge in [0, 0.05) is 0 Å². The van der Waals surface area contributed by atoms with E-state index in [1.807, 2.05) is 0 Å². The van der Waals surface area contributed by atoms with Gasteiger partial charge in [-0.3, -0.25) is 0 Å². The lowest BCUT2D eigenvalue weighted by molar-refractivity contribution is -0.276. The van der Waals surface area contributed by atoms with Crippen molar-refractivity contribution >= 4 is 15.9 Å². The third kappa shape index (κ3) is 2.53. The van der Waals surface area contributed by atoms with Crippen LogP contribution in [-0.2, 0) is 0 Å². The Labute approximate surface area is 82.8 Å². The SMILES string of the molecule is Fc1cnc(OC(F)(F)F)c(Br)c1F. The molecular weight excluding hydrogens is 277 g/mol. The van der Waals surface area contributed by atoms with E-state index in [0.29, 0.717) is 6.20 Å². The van der Waals surface area contributed by atoms with Gasteiger partial charge in [-0.05, 0) is 15.9 Å². The molecule has 0 aromatic carbocycles. The third-order valence-corrected chi connectivity index (χ3v) is 1.79. The lowest BCUT2D eigenvalue weighted by atomic mass is 10.4. The number of alkyl halides is 3. The van der Waals surface area contributed by atoms with Crippen molar-refractivity contribution in [2.24, 2.45) is 0 Å². The van der Waals surface area contributed by atoms with Gasteiger partial charge >= 0.3 is 6.36 Å². The normalized spacial score (nSPS) is 11.6. The summed E-state index contributed by atoms with van der Waals surface area (Å²) in [6, 6.07) is 0. The maximum Gasteiger partial charge on any atom is 0.574 e. The van der Waals surface area contributed by atoms with E-state index in [0.717, 1.165) is 0 Å². The lowest BCUT2D eigenvalue weighted by Crippen LogP contribution is -2.18. The largest absolute Gasteiger partial charge is 0.574 e. The van der Waals surface area contributed by atoms with Gasteiger partial charge in [0.25, 0.3) is 0 Å². The Balaban J connectivity index is 3.06. The average Bonchev–Trinajstić information content (AvgIpc) is 2.04. The van der Waals surface area contributed by atoms with E-state index in [9.17, 15) is 22.0 Å². The first-order valence-electron chi connectivity index (χ1n) is 3.06. The first-order valence-corrected chi connectivity index (χ1v) is 3.86. The number of hydrogen-bond donors (Lipinski definition) is 0. The molecule has 0 unspecified atom stereocenters. The van der Waals surface area contributed by atoms with E-state index in [2.05, 4.69) is 25.7 Å². The maximum atomic E-state index is 12.7. The van der Waals surface area contributed by atoms with Gasteiger partial charge in [-0.15, -0.1) is 13.2 Å². The quantitative estimate of drug-likeness (QED) is 0.737. The summed E-state index contributed by atoms with van der Waals surface area (Å²) in [6.45, 7) is 0. The van der Waals surface area contributed by atoms with Crippen LogP contribution in [0.15, 0.2) is 10.7 Å². The van der Waals surface area contributed by atoms with Gasteiger partial charge in [-0.25, -0.2) is 13.8 Å². The van der Waals surface area contributed by atoms with Crippen LogP contribution in [-0.4, -0.2) is 11.3 Å². The van der Waals surface area contributed by atoms with Crippen molar-refractivity contribution in [2.45, 2.75) is 6.36 Å². The van der Waals surface area contributed by atoms with Crippen molar-refractivity contribution in [3.63, 3.8) is 0 Å². The highest BCUT2D eigenvalue weighted by Crippen LogP contribution is 2.30. The molecule has 0 saturated carbocycles. The van der Waals surface area contributed by atoms with Gasteiger partial charge in [0.2, 0.25) is 5.88 Å². The molecule has 0 amide bonds. The van der Waals surface area contributed by atoms with E-state index in [1.165, 1.54) is 0 Å². The first-order chi connectivity index (χ1) is 6.31. The van der Waals surface area contributed by atoms with E-state index >= 15 is 0 Å². The van der Waals surface area contributed by atoms with Gasteiger partial charge in [0.1, 0.15) is 4.47 Å². The summed E-state index contributed by atoms with van der Waals surface area (Å²) >= 11 is 2.38. The number of ether oxygens (including phenoxy) is 1. The molecule has 0 aliphatic rings. The van der Waals surface area contributed by atoms with Gasteiger partial charge in [0.05, 0.1) is 6.20 Å². The van der Waals surface area contributed by atoms with Crippen molar-refractivity contribution in [3.8, 4) is 5.88 Å². The van der Waals surface area contributed by atoms with Crippen LogP contribution in [0, 0.1) is 11.6 Å². The van der Waals surface area contributed by atoms with Crippen molar-refractivity contribution in [2.75, 3.05) is 0 Å². The van der Waals surface area contributed by atoms with Crippen LogP contribution < -0.4 is 4.74 Å². The molecule has 0 aliphatic carbocycles. The molecule has 0 atom stereocenters. The number of hydrogen-bond acceptors (Lipinski definition) is 2. The summed E-state index contributed by atoms with van der Waals surface area (Å²) in [5.41, 5.74) is 0. The van der Waals surface area contributed by atoms with Crippen LogP contribution in [0.2, 0.25) is 0 Å². The summed E-state index contributed by atoms with van der Waals surface area (Å²) in [5, 5.41) is 0. The number of rotatable bonds is 1. The number of pyridine rings is 1. The molecule has 0 spiro atoms. The Morgan fingerprint density at radius 3 is 2.36 bits per heavy atom. The maximum absolute atomic E-state index is 12.7. The Morgan fingerprint density at radius 2 is 1.86 bits per heavy atom. The minimum absolute atomic E-state index is 0.293. The second-order valence-electron chi connectivity index (χ2n) is 2.09. The zero-order valence-electron chi connectivity index (χ0n) is 6.20. The molecule has 0 bridgehead atoms. The highest BCUT2D eigenvalue weighted by Gasteiger charge is 2.33. The molecule has 0 N–H and O–H groups in total. The molecule has 1 aromatic heterocycles. The Bertz CT molecular complexity index is 353. The molecule has 1 aromatic rings. The fraction of sp³-hybridized carbons (Fsp3) is 0.167. The Kier molecular flexibility index (Phi) is 2.93. The molecule has 1 heterocycles. The van der Waals surface area contributed by atoms with Crippen LogP contribution in [0.3, 0.4) is 0 Å². The van der Waals surface area contributed by atoms with Gasteiger partial charge in [-0.2, -0.15) is 0 Å². The first kappa shape index (κ1) is 11.2. The topological polar surface area (TPSA) is 22.1 Å². The average molecular weight is 278 g/mol.